The normalized spacial score (nSPS) is 21.0. The fraction of sp³-hybridized carbons (Fsp3) is 0.412. The van der Waals surface area contributed by atoms with Crippen LogP contribution in [0.2, 0.25) is 0 Å². The zero-order chi connectivity index (χ0) is 16.6. The number of halogens is 1. The van der Waals surface area contributed by atoms with E-state index in [1.807, 2.05) is 0 Å². The van der Waals surface area contributed by atoms with Gasteiger partial charge in [0.2, 0.25) is 5.91 Å². The summed E-state index contributed by atoms with van der Waals surface area (Å²) in [6.45, 7) is 3.82. The number of carbonyl (C=O) groups excluding carboxylic acids is 1. The highest BCUT2D eigenvalue weighted by molar-refractivity contribution is 5.80. The number of aliphatic hydroxyl groups excluding tert-OH is 1. The van der Waals surface area contributed by atoms with Crippen molar-refractivity contribution in [1.29, 1.82) is 0 Å². The predicted octanol–water partition coefficient (Wildman–Crippen LogP) is 2.31. The molecule has 6 heteroatoms. The monoisotopic (exact) mass is 318 g/mol. The summed E-state index contributed by atoms with van der Waals surface area (Å²) in [4.78, 5) is 14.3. The summed E-state index contributed by atoms with van der Waals surface area (Å²) in [5.74, 6) is 0.158. The molecule has 2 aromatic rings. The summed E-state index contributed by atoms with van der Waals surface area (Å²) in [5.41, 5.74) is 2.17. The SMILES string of the molecule is Cc1noc(C)c1CC(=O)N1C[C@H](O)C[C@H]1c1cccc(F)c1. The topological polar surface area (TPSA) is 66.6 Å². The number of hydrogen-bond acceptors (Lipinski definition) is 4. The molecule has 0 radical (unpaired) electrons. The Balaban J connectivity index is 1.83. The maximum absolute atomic E-state index is 13.5. The van der Waals surface area contributed by atoms with E-state index in [1.54, 1.807) is 30.9 Å². The van der Waals surface area contributed by atoms with Crippen molar-refractivity contribution in [3.8, 4) is 0 Å². The van der Waals surface area contributed by atoms with Gasteiger partial charge in [0.05, 0.1) is 24.3 Å². The Kier molecular flexibility index (Phi) is 4.17. The van der Waals surface area contributed by atoms with Crippen molar-refractivity contribution in [3.05, 3.63) is 52.7 Å². The highest BCUT2D eigenvalue weighted by Gasteiger charge is 2.35. The number of rotatable bonds is 3. The van der Waals surface area contributed by atoms with Gasteiger partial charge in [0, 0.05) is 12.1 Å². The lowest BCUT2D eigenvalue weighted by molar-refractivity contribution is -0.131. The number of likely N-dealkylation sites (tertiary alicyclic amines) is 1. The van der Waals surface area contributed by atoms with Crippen LogP contribution >= 0.6 is 0 Å². The second-order valence-electron chi connectivity index (χ2n) is 5.99. The van der Waals surface area contributed by atoms with Gasteiger partial charge in [-0.2, -0.15) is 0 Å². The summed E-state index contributed by atoms with van der Waals surface area (Å²) in [7, 11) is 0. The minimum Gasteiger partial charge on any atom is -0.391 e. The Labute approximate surface area is 133 Å². The standard InChI is InChI=1S/C17H19FN2O3/c1-10-15(11(2)23-19-10)8-17(22)20-9-14(21)7-16(20)12-4-3-5-13(18)6-12/h3-6,14,16,21H,7-9H2,1-2H3/t14-,16+/m1/s1. The highest BCUT2D eigenvalue weighted by Crippen LogP contribution is 2.33. The molecule has 2 atom stereocenters. The molecule has 0 spiro atoms. The molecule has 1 aromatic carbocycles. The van der Waals surface area contributed by atoms with Gasteiger partial charge in [0.25, 0.3) is 0 Å². The average molecular weight is 318 g/mol. The number of hydrogen-bond donors (Lipinski definition) is 1. The Bertz CT molecular complexity index is 709. The molecule has 1 aromatic heterocycles. The van der Waals surface area contributed by atoms with E-state index in [0.717, 1.165) is 5.56 Å². The number of nitrogens with zero attached hydrogens (tertiary/aromatic N) is 2. The maximum Gasteiger partial charge on any atom is 0.227 e. The van der Waals surface area contributed by atoms with Crippen molar-refractivity contribution in [2.45, 2.75) is 38.8 Å². The Hall–Kier alpha value is -2.21. The van der Waals surface area contributed by atoms with Gasteiger partial charge in [0.15, 0.2) is 0 Å². The quantitative estimate of drug-likeness (QED) is 0.943. The zero-order valence-corrected chi connectivity index (χ0v) is 13.1. The number of aliphatic hydroxyl groups is 1. The molecule has 122 valence electrons. The number of aryl methyl sites for hydroxylation is 2. The van der Waals surface area contributed by atoms with Crippen LogP contribution in [0.3, 0.4) is 0 Å². The van der Waals surface area contributed by atoms with Gasteiger partial charge in [-0.3, -0.25) is 4.79 Å². The second-order valence-corrected chi connectivity index (χ2v) is 5.99. The fourth-order valence-electron chi connectivity index (χ4n) is 3.13. The van der Waals surface area contributed by atoms with E-state index in [1.165, 1.54) is 12.1 Å². The van der Waals surface area contributed by atoms with Gasteiger partial charge >= 0.3 is 0 Å². The molecule has 1 N–H and O–H groups in total. The lowest BCUT2D eigenvalue weighted by Crippen LogP contribution is -2.33. The Morgan fingerprint density at radius 1 is 1.48 bits per heavy atom. The molecule has 2 heterocycles. The number of aromatic nitrogens is 1. The van der Waals surface area contributed by atoms with Crippen molar-refractivity contribution < 1.29 is 18.8 Å². The molecule has 23 heavy (non-hydrogen) atoms. The molecule has 1 amide bonds. The number of β-amino-alcohol motifs (C(OH)–C–C–N with tert-alkyl or cyclic N) is 1. The lowest BCUT2D eigenvalue weighted by atomic mass is 10.0. The van der Waals surface area contributed by atoms with E-state index in [-0.39, 0.29) is 30.7 Å². The molecule has 1 saturated heterocycles. The van der Waals surface area contributed by atoms with Crippen molar-refractivity contribution >= 4 is 5.91 Å². The van der Waals surface area contributed by atoms with Gasteiger partial charge in [-0.25, -0.2) is 4.39 Å². The molecular formula is C17H19FN2O3. The molecule has 0 unspecified atom stereocenters. The van der Waals surface area contributed by atoms with Crippen LogP contribution in [0.25, 0.3) is 0 Å². The molecule has 0 aliphatic carbocycles. The summed E-state index contributed by atoms with van der Waals surface area (Å²) < 4.78 is 18.6. The first-order valence-corrected chi connectivity index (χ1v) is 7.60. The largest absolute Gasteiger partial charge is 0.391 e. The summed E-state index contributed by atoms with van der Waals surface area (Å²) in [5, 5.41) is 13.8. The van der Waals surface area contributed by atoms with Crippen molar-refractivity contribution in [2.24, 2.45) is 0 Å². The van der Waals surface area contributed by atoms with E-state index < -0.39 is 6.10 Å². The van der Waals surface area contributed by atoms with Crippen molar-refractivity contribution in [3.63, 3.8) is 0 Å². The third kappa shape index (κ3) is 3.12. The second kappa shape index (κ2) is 6.12. The number of amides is 1. The third-order valence-corrected chi connectivity index (χ3v) is 4.34. The van der Waals surface area contributed by atoms with Gasteiger partial charge in [-0.05, 0) is 38.0 Å². The third-order valence-electron chi connectivity index (χ3n) is 4.34. The van der Waals surface area contributed by atoms with Crippen LogP contribution in [0.4, 0.5) is 4.39 Å². The average Bonchev–Trinajstić information content (AvgIpc) is 3.05. The zero-order valence-electron chi connectivity index (χ0n) is 13.1. The molecule has 0 bridgehead atoms. The first-order valence-electron chi connectivity index (χ1n) is 7.60. The first kappa shape index (κ1) is 15.7. The summed E-state index contributed by atoms with van der Waals surface area (Å²) in [6.07, 6.45) is -0.0202. The van der Waals surface area contributed by atoms with Crippen LogP contribution in [0, 0.1) is 19.7 Å². The maximum atomic E-state index is 13.5. The number of carbonyl (C=O) groups is 1. The molecule has 0 saturated carbocycles. The van der Waals surface area contributed by atoms with Crippen LogP contribution in [-0.4, -0.2) is 33.7 Å². The molecule has 1 aliphatic rings. The lowest BCUT2D eigenvalue weighted by Gasteiger charge is -2.25. The van der Waals surface area contributed by atoms with E-state index in [2.05, 4.69) is 5.16 Å². The van der Waals surface area contributed by atoms with Crippen LogP contribution < -0.4 is 0 Å². The van der Waals surface area contributed by atoms with Crippen molar-refractivity contribution in [2.75, 3.05) is 6.54 Å². The van der Waals surface area contributed by atoms with Gasteiger partial charge in [-0.1, -0.05) is 17.3 Å². The Morgan fingerprint density at radius 3 is 2.91 bits per heavy atom. The summed E-state index contributed by atoms with van der Waals surface area (Å²) in [6, 6.07) is 5.87. The van der Waals surface area contributed by atoms with Gasteiger partial charge in [-0.15, -0.1) is 0 Å². The van der Waals surface area contributed by atoms with E-state index >= 15 is 0 Å². The molecule has 1 aliphatic heterocycles. The van der Waals surface area contributed by atoms with E-state index in [4.69, 9.17) is 4.52 Å². The van der Waals surface area contributed by atoms with E-state index in [0.29, 0.717) is 23.4 Å². The molecule has 3 rings (SSSR count). The van der Waals surface area contributed by atoms with E-state index in [9.17, 15) is 14.3 Å². The highest BCUT2D eigenvalue weighted by atomic mass is 19.1. The minimum atomic E-state index is -0.600. The van der Waals surface area contributed by atoms with Crippen LogP contribution in [0.1, 0.15) is 35.0 Å². The van der Waals surface area contributed by atoms with Crippen LogP contribution in [0.15, 0.2) is 28.8 Å². The van der Waals surface area contributed by atoms with Crippen LogP contribution in [-0.2, 0) is 11.2 Å². The molecule has 1 fully saturated rings. The predicted molar refractivity (Wildman–Crippen MR) is 81.2 cm³/mol. The number of benzene rings is 1. The summed E-state index contributed by atoms with van der Waals surface area (Å²) >= 11 is 0. The first-order chi connectivity index (χ1) is 11.0. The van der Waals surface area contributed by atoms with Crippen molar-refractivity contribution in [1.82, 2.24) is 10.1 Å². The fourth-order valence-corrected chi connectivity index (χ4v) is 3.13. The van der Waals surface area contributed by atoms with Gasteiger partial charge in [0.1, 0.15) is 11.6 Å². The molecule has 5 nitrogen and oxygen atoms in total. The van der Waals surface area contributed by atoms with Gasteiger partial charge < -0.3 is 14.5 Å². The molecular weight excluding hydrogens is 299 g/mol. The smallest absolute Gasteiger partial charge is 0.227 e. The van der Waals surface area contributed by atoms with Crippen LogP contribution in [0.5, 0.6) is 0 Å². The minimum absolute atomic E-state index is 0.120. The Morgan fingerprint density at radius 2 is 2.26 bits per heavy atom.